The second kappa shape index (κ2) is 5.59. The molecule has 1 aromatic rings. The molecule has 0 amide bonds. The Hall–Kier alpha value is 0.0500. The zero-order valence-electron chi connectivity index (χ0n) is 9.10. The summed E-state index contributed by atoms with van der Waals surface area (Å²) in [6.07, 6.45) is 1.83. The van der Waals surface area contributed by atoms with E-state index in [1.165, 1.54) is 6.26 Å². The van der Waals surface area contributed by atoms with Crippen molar-refractivity contribution in [2.75, 3.05) is 6.26 Å². The van der Waals surface area contributed by atoms with E-state index in [1.54, 1.807) is 18.3 Å². The summed E-state index contributed by atoms with van der Waals surface area (Å²) in [6.45, 7) is 1.67. The third kappa shape index (κ3) is 3.53. The molecule has 0 spiro atoms. The zero-order valence-corrected chi connectivity index (χ0v) is 12.3. The first-order valence-electron chi connectivity index (χ1n) is 4.73. The van der Waals surface area contributed by atoms with Crippen molar-refractivity contribution in [1.82, 2.24) is 5.43 Å². The number of nitrogens with one attached hydrogen (secondary N) is 1. The van der Waals surface area contributed by atoms with Gasteiger partial charge in [0.1, 0.15) is 0 Å². The quantitative estimate of drug-likeness (QED) is 0.632. The van der Waals surface area contributed by atoms with Crippen LogP contribution in [0.4, 0.5) is 0 Å². The molecule has 16 heavy (non-hydrogen) atoms. The number of hydrogen-bond donors (Lipinski definition) is 2. The number of thiophene rings is 1. The predicted octanol–water partition coefficient (Wildman–Crippen LogP) is 1.32. The van der Waals surface area contributed by atoms with E-state index in [1.807, 2.05) is 11.4 Å². The van der Waals surface area contributed by atoms with Gasteiger partial charge in [0.2, 0.25) is 0 Å². The van der Waals surface area contributed by atoms with Gasteiger partial charge in [0.25, 0.3) is 0 Å². The summed E-state index contributed by atoms with van der Waals surface area (Å²) in [7, 11) is -3.08. The van der Waals surface area contributed by atoms with E-state index in [4.69, 9.17) is 5.84 Å². The first-order chi connectivity index (χ1) is 7.36. The van der Waals surface area contributed by atoms with Gasteiger partial charge in [-0.2, -0.15) is 0 Å². The number of rotatable bonds is 5. The minimum atomic E-state index is -3.08. The van der Waals surface area contributed by atoms with Crippen LogP contribution in [-0.2, 0) is 16.3 Å². The van der Waals surface area contributed by atoms with Crippen molar-refractivity contribution in [1.29, 1.82) is 0 Å². The summed E-state index contributed by atoms with van der Waals surface area (Å²) < 4.78 is 23.9. The number of sulfone groups is 1. The zero-order chi connectivity index (χ0) is 12.3. The molecule has 0 aromatic carbocycles. The van der Waals surface area contributed by atoms with E-state index in [9.17, 15) is 8.42 Å². The maximum atomic E-state index is 11.4. The Kier molecular flexibility index (Phi) is 4.93. The summed E-state index contributed by atoms with van der Waals surface area (Å²) in [5, 5.41) is 1.45. The molecular weight excluding hydrogens is 312 g/mol. The fraction of sp³-hybridized carbons (Fsp3) is 0.556. The van der Waals surface area contributed by atoms with E-state index in [-0.39, 0.29) is 6.04 Å². The molecule has 0 radical (unpaired) electrons. The van der Waals surface area contributed by atoms with E-state index in [2.05, 4.69) is 21.4 Å². The molecule has 0 aliphatic rings. The smallest absolute Gasteiger partial charge is 0.151 e. The molecule has 7 heteroatoms. The standard InChI is InChI=1S/C9H15BrN2O2S2/c1-6(16(2,13)14)8(12-11)5-9-7(10)3-4-15-9/h3-4,6,8,12H,5,11H2,1-2H3. The summed E-state index contributed by atoms with van der Waals surface area (Å²) in [6, 6.07) is 1.67. The molecule has 1 aromatic heterocycles. The third-order valence-electron chi connectivity index (χ3n) is 2.55. The molecule has 92 valence electrons. The minimum Gasteiger partial charge on any atom is -0.271 e. The van der Waals surface area contributed by atoms with E-state index < -0.39 is 15.1 Å². The van der Waals surface area contributed by atoms with Crippen LogP contribution in [-0.4, -0.2) is 26.0 Å². The molecule has 0 fully saturated rings. The van der Waals surface area contributed by atoms with Crippen LogP contribution in [0.5, 0.6) is 0 Å². The van der Waals surface area contributed by atoms with Crippen molar-refractivity contribution in [3.8, 4) is 0 Å². The first-order valence-corrected chi connectivity index (χ1v) is 8.36. The lowest BCUT2D eigenvalue weighted by molar-refractivity contribution is 0.496. The van der Waals surface area contributed by atoms with Crippen LogP contribution in [0, 0.1) is 0 Å². The molecule has 1 heterocycles. The Morgan fingerprint density at radius 3 is 2.62 bits per heavy atom. The average molecular weight is 327 g/mol. The minimum absolute atomic E-state index is 0.273. The van der Waals surface area contributed by atoms with Crippen LogP contribution in [0.25, 0.3) is 0 Å². The van der Waals surface area contributed by atoms with Gasteiger partial charge >= 0.3 is 0 Å². The molecule has 4 nitrogen and oxygen atoms in total. The molecule has 0 saturated heterocycles. The van der Waals surface area contributed by atoms with Crippen molar-refractivity contribution in [3.05, 3.63) is 20.8 Å². The molecule has 2 unspecified atom stereocenters. The molecule has 3 N–H and O–H groups in total. The van der Waals surface area contributed by atoms with Gasteiger partial charge in [-0.3, -0.25) is 11.3 Å². The number of halogens is 1. The van der Waals surface area contributed by atoms with Crippen LogP contribution in [0.15, 0.2) is 15.9 Å². The Balaban J connectivity index is 2.81. The highest BCUT2D eigenvalue weighted by molar-refractivity contribution is 9.10. The van der Waals surface area contributed by atoms with Crippen molar-refractivity contribution >= 4 is 37.1 Å². The lowest BCUT2D eigenvalue weighted by Crippen LogP contribution is -2.47. The lowest BCUT2D eigenvalue weighted by Gasteiger charge is -2.21. The Morgan fingerprint density at radius 2 is 2.25 bits per heavy atom. The fourth-order valence-corrected chi connectivity index (χ4v) is 3.68. The van der Waals surface area contributed by atoms with Gasteiger partial charge in [0, 0.05) is 28.1 Å². The van der Waals surface area contributed by atoms with Crippen LogP contribution < -0.4 is 11.3 Å². The molecule has 0 bridgehead atoms. The molecule has 0 aliphatic carbocycles. The lowest BCUT2D eigenvalue weighted by atomic mass is 10.1. The van der Waals surface area contributed by atoms with Crippen molar-refractivity contribution in [3.63, 3.8) is 0 Å². The monoisotopic (exact) mass is 326 g/mol. The van der Waals surface area contributed by atoms with Crippen LogP contribution in [0.3, 0.4) is 0 Å². The van der Waals surface area contributed by atoms with Crippen LogP contribution >= 0.6 is 27.3 Å². The Bertz CT molecular complexity index is 444. The van der Waals surface area contributed by atoms with Gasteiger partial charge < -0.3 is 0 Å². The fourth-order valence-electron chi connectivity index (χ4n) is 1.33. The first kappa shape index (κ1) is 14.1. The Morgan fingerprint density at radius 1 is 1.62 bits per heavy atom. The summed E-state index contributed by atoms with van der Waals surface area (Å²) >= 11 is 5.00. The number of hydrogen-bond acceptors (Lipinski definition) is 5. The van der Waals surface area contributed by atoms with Gasteiger partial charge in [0.05, 0.1) is 5.25 Å². The summed E-state index contributed by atoms with van der Waals surface area (Å²) in [4.78, 5) is 1.10. The van der Waals surface area contributed by atoms with Crippen LogP contribution in [0.2, 0.25) is 0 Å². The molecular formula is C9H15BrN2O2S2. The molecule has 1 rings (SSSR count). The average Bonchev–Trinajstić information content (AvgIpc) is 2.58. The molecule has 2 atom stereocenters. The Labute approximate surface area is 108 Å². The van der Waals surface area contributed by atoms with Gasteiger partial charge in [-0.25, -0.2) is 8.42 Å². The summed E-state index contributed by atoms with van der Waals surface area (Å²) in [5.41, 5.74) is 2.58. The maximum Gasteiger partial charge on any atom is 0.151 e. The topological polar surface area (TPSA) is 72.2 Å². The van der Waals surface area contributed by atoms with E-state index in [0.29, 0.717) is 6.42 Å². The highest BCUT2D eigenvalue weighted by Crippen LogP contribution is 2.25. The maximum absolute atomic E-state index is 11.4. The largest absolute Gasteiger partial charge is 0.271 e. The van der Waals surface area contributed by atoms with Crippen molar-refractivity contribution in [2.24, 2.45) is 5.84 Å². The van der Waals surface area contributed by atoms with Gasteiger partial charge in [0.15, 0.2) is 9.84 Å². The van der Waals surface area contributed by atoms with Gasteiger partial charge in [-0.15, -0.1) is 11.3 Å². The number of nitrogens with two attached hydrogens (primary N) is 1. The second-order valence-electron chi connectivity index (χ2n) is 3.70. The SMILES string of the molecule is CC(C(Cc1sccc1Br)NN)S(C)(=O)=O. The molecule has 0 saturated carbocycles. The van der Waals surface area contributed by atoms with Crippen molar-refractivity contribution in [2.45, 2.75) is 24.6 Å². The van der Waals surface area contributed by atoms with E-state index >= 15 is 0 Å². The highest BCUT2D eigenvalue weighted by Gasteiger charge is 2.26. The second-order valence-corrected chi connectivity index (χ2v) is 7.96. The predicted molar refractivity (Wildman–Crippen MR) is 71.1 cm³/mol. The normalized spacial score (nSPS) is 16.0. The van der Waals surface area contributed by atoms with Gasteiger partial charge in [-0.1, -0.05) is 0 Å². The van der Waals surface area contributed by atoms with Crippen molar-refractivity contribution < 1.29 is 8.42 Å². The summed E-state index contributed by atoms with van der Waals surface area (Å²) in [5.74, 6) is 5.41. The third-order valence-corrected chi connectivity index (χ3v) is 6.18. The number of hydrazine groups is 1. The van der Waals surface area contributed by atoms with Gasteiger partial charge in [-0.05, 0) is 34.3 Å². The highest BCUT2D eigenvalue weighted by atomic mass is 79.9. The van der Waals surface area contributed by atoms with E-state index in [0.717, 1.165) is 9.35 Å². The van der Waals surface area contributed by atoms with Crippen LogP contribution in [0.1, 0.15) is 11.8 Å². The molecule has 0 aliphatic heterocycles.